The number of aryl methyl sites for hydroxylation is 1. The van der Waals surface area contributed by atoms with Gasteiger partial charge in [-0.2, -0.15) is 11.8 Å². The molecule has 0 aliphatic rings. The summed E-state index contributed by atoms with van der Waals surface area (Å²) in [5.74, 6) is -0.0608. The lowest BCUT2D eigenvalue weighted by molar-refractivity contribution is 0.0698. The van der Waals surface area contributed by atoms with Gasteiger partial charge in [-0.25, -0.2) is 4.79 Å². The maximum Gasteiger partial charge on any atom is 0.336 e. The second-order valence-electron chi connectivity index (χ2n) is 3.87. The standard InChI is InChI=1S/C13H12ClNO2S/c1-18-5-4-8-7-15-11-3-2-9(14)6-10(11)12(8)13(16)17/h2-3,6-7H,4-5H2,1H3,(H,16,17). The largest absolute Gasteiger partial charge is 0.478 e. The summed E-state index contributed by atoms with van der Waals surface area (Å²) >= 11 is 7.61. The highest BCUT2D eigenvalue weighted by Crippen LogP contribution is 2.24. The first-order valence-electron chi connectivity index (χ1n) is 5.43. The van der Waals surface area contributed by atoms with Crippen LogP contribution in [0.2, 0.25) is 5.02 Å². The molecule has 1 heterocycles. The van der Waals surface area contributed by atoms with Crippen LogP contribution in [0.3, 0.4) is 0 Å². The van der Waals surface area contributed by atoms with E-state index in [4.69, 9.17) is 11.6 Å². The van der Waals surface area contributed by atoms with Crippen LogP contribution in [0.1, 0.15) is 15.9 Å². The highest BCUT2D eigenvalue weighted by atomic mass is 35.5. The first kappa shape index (κ1) is 13.2. The van der Waals surface area contributed by atoms with Gasteiger partial charge < -0.3 is 5.11 Å². The average molecular weight is 282 g/mol. The van der Waals surface area contributed by atoms with Crippen molar-refractivity contribution >= 4 is 40.2 Å². The summed E-state index contributed by atoms with van der Waals surface area (Å²) in [5.41, 5.74) is 1.73. The van der Waals surface area contributed by atoms with Gasteiger partial charge in [-0.05, 0) is 42.2 Å². The fraction of sp³-hybridized carbons (Fsp3) is 0.231. The molecule has 0 spiro atoms. The maximum atomic E-state index is 11.4. The SMILES string of the molecule is CSCCc1cnc2ccc(Cl)cc2c1C(=O)O. The van der Waals surface area contributed by atoms with Crippen molar-refractivity contribution in [3.8, 4) is 0 Å². The van der Waals surface area contributed by atoms with Gasteiger partial charge in [0.1, 0.15) is 0 Å². The van der Waals surface area contributed by atoms with E-state index in [9.17, 15) is 9.90 Å². The Morgan fingerprint density at radius 1 is 1.50 bits per heavy atom. The molecule has 0 aliphatic heterocycles. The summed E-state index contributed by atoms with van der Waals surface area (Å²) in [7, 11) is 0. The minimum Gasteiger partial charge on any atom is -0.478 e. The van der Waals surface area contributed by atoms with Crippen LogP contribution in [0.5, 0.6) is 0 Å². The molecule has 0 radical (unpaired) electrons. The molecule has 0 saturated carbocycles. The number of aromatic carboxylic acids is 1. The molecule has 2 rings (SSSR count). The highest BCUT2D eigenvalue weighted by Gasteiger charge is 2.15. The molecule has 1 N–H and O–H groups in total. The Morgan fingerprint density at radius 3 is 2.94 bits per heavy atom. The summed E-state index contributed by atoms with van der Waals surface area (Å²) in [5, 5.41) is 10.5. The Kier molecular flexibility index (Phi) is 4.09. The van der Waals surface area contributed by atoms with Gasteiger partial charge in [-0.15, -0.1) is 0 Å². The predicted molar refractivity (Wildman–Crippen MR) is 75.8 cm³/mol. The molecule has 94 valence electrons. The van der Waals surface area contributed by atoms with E-state index in [0.29, 0.717) is 27.9 Å². The molecule has 0 saturated heterocycles. The number of nitrogens with zero attached hydrogens (tertiary/aromatic N) is 1. The number of hydrogen-bond donors (Lipinski definition) is 1. The summed E-state index contributed by atoms with van der Waals surface area (Å²) in [6.45, 7) is 0. The smallest absolute Gasteiger partial charge is 0.336 e. The topological polar surface area (TPSA) is 50.2 Å². The minimum atomic E-state index is -0.930. The Labute approximate surface area is 114 Å². The third-order valence-electron chi connectivity index (χ3n) is 2.70. The maximum absolute atomic E-state index is 11.4. The van der Waals surface area contributed by atoms with E-state index >= 15 is 0 Å². The Balaban J connectivity index is 2.65. The van der Waals surface area contributed by atoms with E-state index in [0.717, 1.165) is 11.3 Å². The average Bonchev–Trinajstić information content (AvgIpc) is 2.34. The number of halogens is 1. The van der Waals surface area contributed by atoms with Crippen molar-refractivity contribution < 1.29 is 9.90 Å². The van der Waals surface area contributed by atoms with Crippen LogP contribution in [0.25, 0.3) is 10.9 Å². The van der Waals surface area contributed by atoms with E-state index in [1.807, 2.05) is 6.26 Å². The molecule has 5 heteroatoms. The summed E-state index contributed by atoms with van der Waals surface area (Å²) < 4.78 is 0. The van der Waals surface area contributed by atoms with Gasteiger partial charge in [0, 0.05) is 16.6 Å². The van der Waals surface area contributed by atoms with E-state index in [2.05, 4.69) is 4.98 Å². The van der Waals surface area contributed by atoms with Gasteiger partial charge in [0.05, 0.1) is 11.1 Å². The number of aromatic nitrogens is 1. The normalized spacial score (nSPS) is 10.8. The van der Waals surface area contributed by atoms with Gasteiger partial charge in [0.25, 0.3) is 0 Å². The number of rotatable bonds is 4. The van der Waals surface area contributed by atoms with Gasteiger partial charge in [-0.3, -0.25) is 4.98 Å². The number of carboxylic acid groups (broad SMARTS) is 1. The molecule has 2 aromatic rings. The number of thioether (sulfide) groups is 1. The van der Waals surface area contributed by atoms with Crippen LogP contribution >= 0.6 is 23.4 Å². The highest BCUT2D eigenvalue weighted by molar-refractivity contribution is 7.98. The van der Waals surface area contributed by atoms with Crippen molar-refractivity contribution in [3.63, 3.8) is 0 Å². The second-order valence-corrected chi connectivity index (χ2v) is 5.29. The second kappa shape index (κ2) is 5.59. The first-order valence-corrected chi connectivity index (χ1v) is 7.20. The molecule has 0 fully saturated rings. The molecule has 3 nitrogen and oxygen atoms in total. The van der Waals surface area contributed by atoms with Crippen LogP contribution in [0.15, 0.2) is 24.4 Å². The molecule has 1 aromatic heterocycles. The van der Waals surface area contributed by atoms with Gasteiger partial charge in [0.2, 0.25) is 0 Å². The van der Waals surface area contributed by atoms with Gasteiger partial charge in [0.15, 0.2) is 0 Å². The van der Waals surface area contributed by atoms with Crippen molar-refractivity contribution in [2.45, 2.75) is 6.42 Å². The van der Waals surface area contributed by atoms with Crippen LogP contribution in [0.4, 0.5) is 0 Å². The zero-order valence-electron chi connectivity index (χ0n) is 9.81. The molecule has 0 bridgehead atoms. The van der Waals surface area contributed by atoms with Crippen LogP contribution in [0, 0.1) is 0 Å². The Hall–Kier alpha value is -1.26. The number of pyridine rings is 1. The predicted octanol–water partition coefficient (Wildman–Crippen LogP) is 3.49. The number of fused-ring (bicyclic) bond motifs is 1. The monoisotopic (exact) mass is 281 g/mol. The zero-order valence-corrected chi connectivity index (χ0v) is 11.4. The van der Waals surface area contributed by atoms with E-state index < -0.39 is 5.97 Å². The lowest BCUT2D eigenvalue weighted by Gasteiger charge is -2.08. The van der Waals surface area contributed by atoms with Crippen molar-refractivity contribution in [3.05, 3.63) is 40.5 Å². The molecule has 1 aromatic carbocycles. The molecular formula is C13H12ClNO2S. The molecule has 0 aliphatic carbocycles. The van der Waals surface area contributed by atoms with Crippen molar-refractivity contribution in [1.29, 1.82) is 0 Å². The third kappa shape index (κ3) is 2.60. The lowest BCUT2D eigenvalue weighted by Crippen LogP contribution is -2.06. The number of carboxylic acids is 1. The summed E-state index contributed by atoms with van der Waals surface area (Å²) in [6, 6.07) is 5.11. The van der Waals surface area contributed by atoms with Crippen LogP contribution in [-0.2, 0) is 6.42 Å². The number of carbonyl (C=O) groups is 1. The molecule has 18 heavy (non-hydrogen) atoms. The lowest BCUT2D eigenvalue weighted by atomic mass is 10.0. The summed E-state index contributed by atoms with van der Waals surface area (Å²) in [6.07, 6.45) is 4.33. The number of benzene rings is 1. The Bertz CT molecular complexity index is 601. The number of hydrogen-bond acceptors (Lipinski definition) is 3. The third-order valence-corrected chi connectivity index (χ3v) is 3.55. The Morgan fingerprint density at radius 2 is 2.28 bits per heavy atom. The first-order chi connectivity index (χ1) is 8.63. The van der Waals surface area contributed by atoms with E-state index in [-0.39, 0.29) is 0 Å². The van der Waals surface area contributed by atoms with Crippen LogP contribution < -0.4 is 0 Å². The van der Waals surface area contributed by atoms with E-state index in [1.165, 1.54) is 0 Å². The fourth-order valence-electron chi connectivity index (χ4n) is 1.86. The minimum absolute atomic E-state index is 0.316. The molecule has 0 atom stereocenters. The fourth-order valence-corrected chi connectivity index (χ4v) is 2.46. The molecule has 0 amide bonds. The molecule has 0 unspecified atom stereocenters. The quantitative estimate of drug-likeness (QED) is 0.932. The van der Waals surface area contributed by atoms with Crippen LogP contribution in [-0.4, -0.2) is 28.1 Å². The summed E-state index contributed by atoms with van der Waals surface area (Å²) in [4.78, 5) is 15.7. The molecular weight excluding hydrogens is 270 g/mol. The van der Waals surface area contributed by atoms with E-state index in [1.54, 1.807) is 36.2 Å². The van der Waals surface area contributed by atoms with Crippen molar-refractivity contribution in [2.75, 3.05) is 12.0 Å². The zero-order chi connectivity index (χ0) is 13.1. The van der Waals surface area contributed by atoms with Crippen molar-refractivity contribution in [2.24, 2.45) is 0 Å². The van der Waals surface area contributed by atoms with Gasteiger partial charge in [-0.1, -0.05) is 11.6 Å². The van der Waals surface area contributed by atoms with Gasteiger partial charge >= 0.3 is 5.97 Å². The van der Waals surface area contributed by atoms with Crippen molar-refractivity contribution in [1.82, 2.24) is 4.98 Å².